The maximum Gasteiger partial charge on any atom is 0.234 e. The number of piperidine rings is 3. The van der Waals surface area contributed by atoms with E-state index >= 15 is 4.39 Å². The van der Waals surface area contributed by atoms with Gasteiger partial charge in [-0.1, -0.05) is 24.3 Å². The molecule has 14 nitrogen and oxygen atoms in total. The van der Waals surface area contributed by atoms with Crippen LogP contribution in [-0.2, 0) is 14.4 Å². The number of carbonyl (C=O) groups is 3. The van der Waals surface area contributed by atoms with Crippen molar-refractivity contribution in [2.24, 2.45) is 0 Å². The third-order valence-electron chi connectivity index (χ3n) is 13.1. The number of rotatable bonds is 9. The van der Waals surface area contributed by atoms with E-state index in [9.17, 15) is 24.6 Å². The van der Waals surface area contributed by atoms with E-state index in [-0.39, 0.29) is 48.6 Å². The third-order valence-corrected chi connectivity index (χ3v) is 13.1. The molecule has 5 aliphatic rings. The summed E-state index contributed by atoms with van der Waals surface area (Å²) in [6.45, 7) is 3.42. The number of aromatic nitrogens is 2. The SMILES string of the molecule is Nc1nnc(-c2ccccc2O)cc1N1C[C@H]2CC[C@@H](C1)N2c1cccc(OC2CCN(C(=O)CC3(O)CCN(c4ccc(C5CCC(=O)NC5=O)cc4F)CC3)CC2)c1. The van der Waals surface area contributed by atoms with Gasteiger partial charge in [-0.25, -0.2) is 4.39 Å². The number of nitrogens with one attached hydrogen (secondary N) is 1. The second-order valence-corrected chi connectivity index (χ2v) is 17.0. The molecule has 15 heteroatoms. The molecule has 5 fully saturated rings. The molecule has 0 saturated carbocycles. The Hall–Kier alpha value is -5.96. The average molecular weight is 819 g/mol. The summed E-state index contributed by atoms with van der Waals surface area (Å²) in [5, 5.41) is 32.7. The van der Waals surface area contributed by atoms with Gasteiger partial charge in [0.2, 0.25) is 17.7 Å². The van der Waals surface area contributed by atoms with Gasteiger partial charge in [-0.2, -0.15) is 0 Å². The van der Waals surface area contributed by atoms with Gasteiger partial charge in [0.15, 0.2) is 5.82 Å². The summed E-state index contributed by atoms with van der Waals surface area (Å²) in [7, 11) is 0. The third kappa shape index (κ3) is 8.02. The normalized spacial score (nSPS) is 23.1. The number of benzene rings is 3. The van der Waals surface area contributed by atoms with Crippen molar-refractivity contribution in [3.05, 3.63) is 84.2 Å². The quantitative estimate of drug-likeness (QED) is 0.171. The molecule has 0 radical (unpaired) electrons. The van der Waals surface area contributed by atoms with Gasteiger partial charge in [0.05, 0.1) is 35.0 Å². The Balaban J connectivity index is 0.756. The summed E-state index contributed by atoms with van der Waals surface area (Å²) < 4.78 is 21.8. The molecule has 0 spiro atoms. The Labute approximate surface area is 348 Å². The number of phenols is 1. The van der Waals surface area contributed by atoms with Crippen molar-refractivity contribution in [2.45, 2.75) is 87.5 Å². The van der Waals surface area contributed by atoms with Gasteiger partial charge in [-0.3, -0.25) is 19.7 Å². The number of hydrogen-bond acceptors (Lipinski definition) is 12. The lowest BCUT2D eigenvalue weighted by atomic mass is 9.86. The molecule has 1 unspecified atom stereocenters. The molecule has 3 amide bonds. The highest BCUT2D eigenvalue weighted by atomic mass is 19.1. The minimum absolute atomic E-state index is 0.0168. The van der Waals surface area contributed by atoms with E-state index in [0.29, 0.717) is 86.6 Å². The number of aromatic hydroxyl groups is 1. The van der Waals surface area contributed by atoms with E-state index in [0.717, 1.165) is 43.1 Å². The van der Waals surface area contributed by atoms with Crippen LogP contribution < -0.4 is 30.5 Å². The highest BCUT2D eigenvalue weighted by Crippen LogP contribution is 2.40. The lowest BCUT2D eigenvalue weighted by Gasteiger charge is -2.43. The number of amides is 3. The zero-order valence-electron chi connectivity index (χ0n) is 33.5. The van der Waals surface area contributed by atoms with Crippen molar-refractivity contribution in [2.75, 3.05) is 59.7 Å². The summed E-state index contributed by atoms with van der Waals surface area (Å²) in [6, 6.07) is 22.6. The second kappa shape index (κ2) is 16.2. The fraction of sp³-hybridized carbons (Fsp3) is 0.444. The molecule has 3 atom stereocenters. The number of likely N-dealkylation sites (tertiary alicyclic amines) is 1. The van der Waals surface area contributed by atoms with Gasteiger partial charge in [0.25, 0.3) is 0 Å². The van der Waals surface area contributed by atoms with Crippen LogP contribution >= 0.6 is 0 Å². The summed E-state index contributed by atoms with van der Waals surface area (Å²) >= 11 is 0. The summed E-state index contributed by atoms with van der Waals surface area (Å²) in [6.07, 6.45) is 4.68. The number of ether oxygens (including phenoxy) is 1. The van der Waals surface area contributed by atoms with Gasteiger partial charge < -0.3 is 40.3 Å². The first-order valence-electron chi connectivity index (χ1n) is 21.1. The van der Waals surface area contributed by atoms with E-state index in [1.54, 1.807) is 24.3 Å². The number of nitrogens with zero attached hydrogens (tertiary/aromatic N) is 6. The zero-order chi connectivity index (χ0) is 41.5. The Kier molecular flexibility index (Phi) is 10.7. The molecule has 1 aromatic heterocycles. The summed E-state index contributed by atoms with van der Waals surface area (Å²) in [5.41, 5.74) is 9.26. The number of anilines is 4. The van der Waals surface area contributed by atoms with Crippen molar-refractivity contribution in [3.63, 3.8) is 0 Å². The van der Waals surface area contributed by atoms with Crippen LogP contribution in [0.5, 0.6) is 11.5 Å². The van der Waals surface area contributed by atoms with Crippen LogP contribution in [0.25, 0.3) is 11.3 Å². The Morgan fingerprint density at radius 2 is 1.62 bits per heavy atom. The molecule has 4 aromatic rings. The number of hydrogen-bond donors (Lipinski definition) is 4. The highest BCUT2D eigenvalue weighted by Gasteiger charge is 2.41. The molecule has 6 heterocycles. The van der Waals surface area contributed by atoms with Gasteiger partial charge in [-0.15, -0.1) is 10.2 Å². The molecule has 314 valence electrons. The average Bonchev–Trinajstić information content (AvgIpc) is 3.50. The Morgan fingerprint density at radius 1 is 0.867 bits per heavy atom. The monoisotopic (exact) mass is 818 g/mol. The Bertz CT molecular complexity index is 2260. The maximum atomic E-state index is 15.3. The lowest BCUT2D eigenvalue weighted by molar-refractivity contribution is -0.139. The van der Waals surface area contributed by atoms with E-state index in [4.69, 9.17) is 10.5 Å². The second-order valence-electron chi connectivity index (χ2n) is 17.0. The number of nitrogen functional groups attached to an aromatic ring is 1. The van der Waals surface area contributed by atoms with Gasteiger partial charge in [-0.05, 0) is 80.1 Å². The summed E-state index contributed by atoms with van der Waals surface area (Å²) in [5.74, 6) is -0.497. The van der Waals surface area contributed by atoms with E-state index < -0.39 is 23.2 Å². The number of phenolic OH excluding ortho intramolecular Hbond substituents is 1. The lowest BCUT2D eigenvalue weighted by Crippen LogP contribution is -2.54. The maximum absolute atomic E-state index is 15.3. The number of halogens is 1. The molecule has 3 aromatic carbocycles. The fourth-order valence-electron chi connectivity index (χ4n) is 9.86. The van der Waals surface area contributed by atoms with E-state index in [1.807, 2.05) is 40.1 Å². The number of carbonyl (C=O) groups excluding carboxylic acids is 3. The number of nitrogens with two attached hydrogens (primary N) is 1. The molecule has 9 rings (SSSR count). The molecule has 5 saturated heterocycles. The predicted octanol–water partition coefficient (Wildman–Crippen LogP) is 4.74. The Morgan fingerprint density at radius 3 is 2.33 bits per heavy atom. The first-order chi connectivity index (χ1) is 29.0. The number of fused-ring (bicyclic) bond motifs is 2. The van der Waals surface area contributed by atoms with Crippen LogP contribution in [0.2, 0.25) is 0 Å². The van der Waals surface area contributed by atoms with Gasteiger partial charge >= 0.3 is 0 Å². The largest absolute Gasteiger partial charge is 0.507 e. The van der Waals surface area contributed by atoms with Crippen LogP contribution in [-0.4, -0.2) is 106 Å². The molecular weight excluding hydrogens is 768 g/mol. The first kappa shape index (κ1) is 39.5. The fourth-order valence-corrected chi connectivity index (χ4v) is 9.86. The summed E-state index contributed by atoms with van der Waals surface area (Å²) in [4.78, 5) is 45.8. The van der Waals surface area contributed by atoms with E-state index in [2.05, 4.69) is 37.4 Å². The van der Waals surface area contributed by atoms with Crippen molar-refractivity contribution in [1.29, 1.82) is 0 Å². The van der Waals surface area contributed by atoms with Crippen molar-refractivity contribution >= 4 is 40.6 Å². The van der Waals surface area contributed by atoms with Crippen LogP contribution in [0, 0.1) is 5.82 Å². The van der Waals surface area contributed by atoms with Crippen LogP contribution in [0.15, 0.2) is 72.8 Å². The topological polar surface area (TPSA) is 178 Å². The first-order valence-corrected chi connectivity index (χ1v) is 21.1. The van der Waals surface area contributed by atoms with Crippen molar-refractivity contribution < 1.29 is 33.7 Å². The minimum atomic E-state index is -1.17. The number of imide groups is 1. The van der Waals surface area contributed by atoms with Crippen LogP contribution in [0.1, 0.15) is 69.3 Å². The molecule has 2 bridgehead atoms. The molecular formula is C45H51FN8O6. The van der Waals surface area contributed by atoms with Gasteiger partial charge in [0, 0.05) is 87.9 Å². The molecule has 5 aliphatic heterocycles. The smallest absolute Gasteiger partial charge is 0.234 e. The molecule has 60 heavy (non-hydrogen) atoms. The van der Waals surface area contributed by atoms with Crippen molar-refractivity contribution in [1.82, 2.24) is 20.4 Å². The van der Waals surface area contributed by atoms with Crippen molar-refractivity contribution in [3.8, 4) is 22.8 Å². The minimum Gasteiger partial charge on any atom is -0.507 e. The highest BCUT2D eigenvalue weighted by molar-refractivity contribution is 6.01. The van der Waals surface area contributed by atoms with E-state index in [1.165, 1.54) is 6.07 Å². The molecule has 5 N–H and O–H groups in total. The number of aliphatic hydroxyl groups is 1. The predicted molar refractivity (Wildman–Crippen MR) is 224 cm³/mol. The van der Waals surface area contributed by atoms with Crippen LogP contribution in [0.4, 0.5) is 27.3 Å². The molecule has 0 aliphatic carbocycles. The standard InChI is InChI=1S/C45H51FN8O6/c46-36-22-28(34-11-13-41(56)48-44(34)58)8-12-38(36)51-20-16-45(59,17-21-51)25-42(57)52-18-14-32(15-19-52)60-33-5-3-4-29(23-33)54-30-9-10-31(54)27-53(26-30)39-24-37(49-50-43(39)47)35-6-1-2-7-40(35)55/h1-8,12,22-24,30-32,34,55,59H,9-11,13-21,25-27H2,(H2,47,50)(H,48,56,58)/t30-,31+,34?. The van der Waals surface area contributed by atoms with Gasteiger partial charge in [0.1, 0.15) is 23.4 Å². The van der Waals surface area contributed by atoms with Crippen LogP contribution in [0.3, 0.4) is 0 Å². The number of para-hydroxylation sites is 1. The zero-order valence-corrected chi connectivity index (χ0v) is 33.5. The number of piperazine rings is 1.